The second-order valence-electron chi connectivity index (χ2n) is 7.55. The van der Waals surface area contributed by atoms with E-state index in [9.17, 15) is 16.8 Å². The maximum atomic E-state index is 13.3. The maximum absolute atomic E-state index is 13.3. The fourth-order valence-electron chi connectivity index (χ4n) is 4.16. The van der Waals surface area contributed by atoms with Crippen LogP contribution in [0, 0.1) is 0 Å². The zero-order valence-electron chi connectivity index (χ0n) is 17.0. The van der Waals surface area contributed by atoms with Crippen LogP contribution in [0.15, 0.2) is 117 Å². The van der Waals surface area contributed by atoms with Crippen molar-refractivity contribution in [3.8, 4) is 0 Å². The van der Waals surface area contributed by atoms with E-state index in [0.29, 0.717) is 19.6 Å². The van der Waals surface area contributed by atoms with Gasteiger partial charge in [0.25, 0.3) is 0 Å². The van der Waals surface area contributed by atoms with Crippen molar-refractivity contribution in [2.75, 3.05) is 0 Å². The summed E-state index contributed by atoms with van der Waals surface area (Å²) in [6.07, 6.45) is 0. The second-order valence-corrected chi connectivity index (χ2v) is 29.6. The van der Waals surface area contributed by atoms with Gasteiger partial charge in [-0.2, -0.15) is 0 Å². The molecule has 33 heavy (non-hydrogen) atoms. The van der Waals surface area contributed by atoms with Crippen molar-refractivity contribution in [1.82, 2.24) is 0 Å². The van der Waals surface area contributed by atoms with Crippen molar-refractivity contribution < 1.29 is 17.7 Å². The minimum atomic E-state index is -3.62. The quantitative estimate of drug-likeness (QED) is 0.281. The third kappa shape index (κ3) is 3.31. The molecule has 0 saturated heterocycles. The summed E-state index contributed by atoms with van der Waals surface area (Å²) in [4.78, 5) is 1.32. The molecule has 0 N–H and O–H groups in total. The van der Waals surface area contributed by atoms with E-state index >= 15 is 0 Å². The molecule has 9 heteroatoms. The van der Waals surface area contributed by atoms with Crippen LogP contribution in [-0.2, 0) is 20.6 Å². The van der Waals surface area contributed by atoms with Crippen LogP contribution in [-0.4, -0.2) is 61.2 Å². The first kappa shape index (κ1) is 22.0. The van der Waals surface area contributed by atoms with Gasteiger partial charge in [0.15, 0.2) is 0 Å². The van der Waals surface area contributed by atoms with Gasteiger partial charge in [-0.15, -0.1) is 0 Å². The van der Waals surface area contributed by atoms with E-state index in [1.165, 1.54) is 0 Å². The zero-order valence-corrected chi connectivity index (χ0v) is 25.6. The summed E-state index contributed by atoms with van der Waals surface area (Å²) in [6.45, 7) is 0. The number of rotatable bonds is 2. The molecule has 0 bridgehead atoms. The van der Waals surface area contributed by atoms with E-state index in [0.717, 1.165) is 13.1 Å². The van der Waals surface area contributed by atoms with Crippen molar-refractivity contribution in [1.29, 1.82) is 0 Å². The Balaban J connectivity index is 1.59. The molecule has 164 valence electrons. The average molecular weight is 866 g/mol. The number of benzene rings is 4. The van der Waals surface area contributed by atoms with Gasteiger partial charge >= 0.3 is 212 Å². The van der Waals surface area contributed by atoms with Crippen molar-refractivity contribution in [2.24, 2.45) is 0 Å². The molecular formula is C24H16Bi2O5S2. The molecule has 0 fully saturated rings. The Morgan fingerprint density at radius 3 is 0.939 bits per heavy atom. The monoisotopic (exact) mass is 866 g/mol. The van der Waals surface area contributed by atoms with E-state index in [1.54, 1.807) is 48.5 Å². The normalized spacial score (nSPS) is 17.9. The topological polar surface area (TPSA) is 77.5 Å². The van der Waals surface area contributed by atoms with Crippen LogP contribution in [0.4, 0.5) is 0 Å². The summed E-state index contributed by atoms with van der Waals surface area (Å²) in [5, 5.41) is 0. The van der Waals surface area contributed by atoms with Gasteiger partial charge < -0.3 is 0 Å². The van der Waals surface area contributed by atoms with Gasteiger partial charge in [-0.1, -0.05) is 0 Å². The number of hydrogen-bond donors (Lipinski definition) is 0. The molecule has 2 aliphatic heterocycles. The molecule has 2 heterocycles. The molecule has 6 rings (SSSR count). The molecule has 0 spiro atoms. The fraction of sp³-hybridized carbons (Fsp3) is 0. The summed E-state index contributed by atoms with van der Waals surface area (Å²) in [7, 11) is -7.23. The third-order valence-corrected chi connectivity index (χ3v) is 37.2. The van der Waals surface area contributed by atoms with Gasteiger partial charge in [-0.05, 0) is 0 Å². The van der Waals surface area contributed by atoms with Crippen LogP contribution in [0.1, 0.15) is 0 Å². The van der Waals surface area contributed by atoms with Gasteiger partial charge in [0.2, 0.25) is 0 Å². The van der Waals surface area contributed by atoms with E-state index in [1.807, 2.05) is 48.5 Å². The molecule has 4 aromatic rings. The summed E-state index contributed by atoms with van der Waals surface area (Å²) < 4.78 is 63.6. The predicted molar refractivity (Wildman–Crippen MR) is 128 cm³/mol. The van der Waals surface area contributed by atoms with Crippen LogP contribution in [0.25, 0.3) is 0 Å². The molecule has 0 saturated carbocycles. The number of hydrogen-bond acceptors (Lipinski definition) is 5. The molecule has 0 radical (unpaired) electrons. The van der Waals surface area contributed by atoms with Crippen molar-refractivity contribution >= 4 is 77.1 Å². The van der Waals surface area contributed by atoms with Crippen LogP contribution < -0.4 is 13.1 Å². The first-order chi connectivity index (χ1) is 15.9. The summed E-state index contributed by atoms with van der Waals surface area (Å²) in [5.74, 6) is 0. The Kier molecular flexibility index (Phi) is 5.35. The fourth-order valence-corrected chi connectivity index (χ4v) is 44.9. The first-order valence-electron chi connectivity index (χ1n) is 10.1. The van der Waals surface area contributed by atoms with E-state index < -0.39 is 64.1 Å². The molecule has 5 nitrogen and oxygen atoms in total. The van der Waals surface area contributed by atoms with E-state index in [-0.39, 0.29) is 0 Å². The molecule has 0 aliphatic carbocycles. The molecule has 0 aromatic heterocycles. The SMILES string of the molecule is O=S1(=O)c2cccc[c]2[Bi]([O][Bi]2[c]3ccccc3S(=O)(=O)c3cccc[c]32)[c]2ccccc21. The molecule has 0 amide bonds. The molecule has 0 unspecified atom stereocenters. The van der Waals surface area contributed by atoms with Crippen LogP contribution in [0.2, 0.25) is 0 Å². The summed E-state index contributed by atoms with van der Waals surface area (Å²) in [6, 6.07) is 28.6. The Bertz CT molecular complexity index is 1420. The van der Waals surface area contributed by atoms with Crippen molar-refractivity contribution in [2.45, 2.75) is 19.6 Å². The van der Waals surface area contributed by atoms with Crippen LogP contribution in [0.5, 0.6) is 0 Å². The average Bonchev–Trinajstić information content (AvgIpc) is 2.84. The van der Waals surface area contributed by atoms with Crippen LogP contribution in [0.3, 0.4) is 0 Å². The zero-order chi connectivity index (χ0) is 22.8. The third-order valence-electron chi connectivity index (χ3n) is 5.66. The van der Waals surface area contributed by atoms with Crippen LogP contribution >= 0.6 is 0 Å². The number of sulfone groups is 2. The second kappa shape index (κ2) is 8.03. The minimum absolute atomic E-state index is 0.330. The van der Waals surface area contributed by atoms with Gasteiger partial charge in [-0.25, -0.2) is 0 Å². The summed E-state index contributed by atoms with van der Waals surface area (Å²) >= 11 is -6.54. The standard InChI is InChI=1S/2C12H8O2S.2Bi.O/c2*13-15(14,11-7-3-1-4-8-11)12-9-5-2-6-10-12;;;/h2*1-7,9H;;;. The molecule has 0 atom stereocenters. The molecule has 4 aromatic carbocycles. The Morgan fingerprint density at radius 2 is 0.667 bits per heavy atom. The molecular weight excluding hydrogens is 850 g/mol. The van der Waals surface area contributed by atoms with Gasteiger partial charge in [-0.3, -0.25) is 0 Å². The van der Waals surface area contributed by atoms with Gasteiger partial charge in [0.05, 0.1) is 0 Å². The van der Waals surface area contributed by atoms with Gasteiger partial charge in [0.1, 0.15) is 0 Å². The van der Waals surface area contributed by atoms with E-state index in [4.69, 9.17) is 0.889 Å². The Morgan fingerprint density at radius 1 is 0.424 bits per heavy atom. The molecule has 2 aliphatic rings. The number of fused-ring (bicyclic) bond motifs is 4. The summed E-state index contributed by atoms with van der Waals surface area (Å²) in [5.41, 5.74) is 0. The van der Waals surface area contributed by atoms with Gasteiger partial charge in [0, 0.05) is 0 Å². The Hall–Kier alpha value is -1.49. The Labute approximate surface area is 209 Å². The van der Waals surface area contributed by atoms with Crippen molar-refractivity contribution in [3.63, 3.8) is 0 Å². The van der Waals surface area contributed by atoms with Crippen molar-refractivity contribution in [3.05, 3.63) is 97.1 Å². The predicted octanol–water partition coefficient (Wildman–Crippen LogP) is 0.907. The van der Waals surface area contributed by atoms with E-state index in [2.05, 4.69) is 0 Å². The first-order valence-corrected chi connectivity index (χ1v) is 22.8.